The predicted octanol–water partition coefficient (Wildman–Crippen LogP) is 1.86. The molecule has 6 heteroatoms. The molecule has 0 aliphatic carbocycles. The summed E-state index contributed by atoms with van der Waals surface area (Å²) in [6.45, 7) is 0. The van der Waals surface area contributed by atoms with E-state index in [0.29, 0.717) is 11.3 Å². The van der Waals surface area contributed by atoms with Crippen molar-refractivity contribution >= 4 is 33.0 Å². The van der Waals surface area contributed by atoms with Gasteiger partial charge in [-0.2, -0.15) is 26.7 Å². The van der Waals surface area contributed by atoms with Gasteiger partial charge in [-0.3, -0.25) is 4.79 Å². The molecular formula is C7H4BrN3OS. The Hall–Kier alpha value is -1.01. The van der Waals surface area contributed by atoms with Crippen LogP contribution in [0.25, 0.3) is 0 Å². The minimum absolute atomic E-state index is 0.123. The van der Waals surface area contributed by atoms with E-state index in [4.69, 9.17) is 0 Å². The minimum atomic E-state index is -0.123. The van der Waals surface area contributed by atoms with Gasteiger partial charge >= 0.3 is 0 Å². The highest BCUT2D eigenvalue weighted by Crippen LogP contribution is 2.23. The van der Waals surface area contributed by atoms with Crippen LogP contribution >= 0.6 is 27.3 Å². The second-order valence-corrected chi connectivity index (χ2v) is 3.92. The average Bonchev–Trinajstić information content (AvgIpc) is 2.72. The van der Waals surface area contributed by atoms with Crippen molar-refractivity contribution in [2.24, 2.45) is 0 Å². The van der Waals surface area contributed by atoms with Gasteiger partial charge < -0.3 is 0 Å². The average molecular weight is 258 g/mol. The quantitative estimate of drug-likeness (QED) is 0.836. The summed E-state index contributed by atoms with van der Waals surface area (Å²) >= 11 is 4.75. The Morgan fingerprint density at radius 1 is 1.54 bits per heavy atom. The number of halogens is 1. The normalized spacial score (nSPS) is 10.2. The van der Waals surface area contributed by atoms with E-state index in [-0.39, 0.29) is 5.78 Å². The number of ketones is 1. The summed E-state index contributed by atoms with van der Waals surface area (Å²) in [5.74, 6) is -0.123. The number of hydrogen-bond acceptors (Lipinski definition) is 4. The SMILES string of the molecule is O=C(c1cn[nH]n1)c1cscc1Br. The molecule has 2 rings (SSSR count). The van der Waals surface area contributed by atoms with Gasteiger partial charge in [-0.1, -0.05) is 0 Å². The number of rotatable bonds is 2. The van der Waals surface area contributed by atoms with Crippen LogP contribution in [0.2, 0.25) is 0 Å². The molecule has 0 saturated heterocycles. The molecule has 2 heterocycles. The Morgan fingerprint density at radius 3 is 2.92 bits per heavy atom. The molecule has 0 atom stereocenters. The van der Waals surface area contributed by atoms with E-state index >= 15 is 0 Å². The molecule has 0 aromatic carbocycles. The Labute approximate surface area is 86.1 Å². The zero-order valence-electron chi connectivity index (χ0n) is 6.32. The van der Waals surface area contributed by atoms with Crippen molar-refractivity contribution in [3.63, 3.8) is 0 Å². The van der Waals surface area contributed by atoms with E-state index in [2.05, 4.69) is 31.3 Å². The third-order valence-electron chi connectivity index (χ3n) is 1.51. The second kappa shape index (κ2) is 3.39. The molecule has 4 nitrogen and oxygen atoms in total. The molecule has 66 valence electrons. The first kappa shape index (κ1) is 8.58. The summed E-state index contributed by atoms with van der Waals surface area (Å²) in [7, 11) is 0. The van der Waals surface area contributed by atoms with Gasteiger partial charge in [0.15, 0.2) is 5.69 Å². The molecule has 0 fully saturated rings. The van der Waals surface area contributed by atoms with Crippen LogP contribution in [0.4, 0.5) is 0 Å². The number of nitrogens with one attached hydrogen (secondary N) is 1. The van der Waals surface area contributed by atoms with Gasteiger partial charge in [-0.25, -0.2) is 0 Å². The van der Waals surface area contributed by atoms with Crippen molar-refractivity contribution in [1.82, 2.24) is 15.4 Å². The number of H-pyrrole nitrogens is 1. The number of thiophene rings is 1. The third-order valence-corrected chi connectivity index (χ3v) is 3.21. The predicted molar refractivity (Wildman–Crippen MR) is 51.8 cm³/mol. The molecule has 0 saturated carbocycles. The fourth-order valence-corrected chi connectivity index (χ4v) is 2.35. The first-order valence-corrected chi connectivity index (χ1v) is 5.15. The highest BCUT2D eigenvalue weighted by Gasteiger charge is 2.15. The summed E-state index contributed by atoms with van der Waals surface area (Å²) in [5, 5.41) is 13.3. The standard InChI is InChI=1S/C7H4BrN3OS/c8-5-3-13-2-4(5)7(12)6-1-9-11-10-6/h1-3H,(H,9,10,11). The Bertz CT molecular complexity index is 423. The number of carbonyl (C=O) groups excluding carboxylic acids is 1. The van der Waals surface area contributed by atoms with Gasteiger partial charge in [0, 0.05) is 20.8 Å². The second-order valence-electron chi connectivity index (χ2n) is 2.32. The van der Waals surface area contributed by atoms with Crippen LogP contribution < -0.4 is 0 Å². The zero-order valence-corrected chi connectivity index (χ0v) is 8.72. The van der Waals surface area contributed by atoms with E-state index in [0.717, 1.165) is 4.47 Å². The molecule has 1 N–H and O–H groups in total. The van der Waals surface area contributed by atoms with Crippen molar-refractivity contribution in [3.05, 3.63) is 32.7 Å². The van der Waals surface area contributed by atoms with E-state index in [1.165, 1.54) is 17.5 Å². The van der Waals surface area contributed by atoms with Crippen LogP contribution in [-0.2, 0) is 0 Å². The molecule has 2 aromatic heterocycles. The van der Waals surface area contributed by atoms with Gasteiger partial charge in [0.1, 0.15) is 0 Å². The van der Waals surface area contributed by atoms with Gasteiger partial charge in [0.05, 0.1) is 6.20 Å². The maximum Gasteiger partial charge on any atom is 0.216 e. The summed E-state index contributed by atoms with van der Waals surface area (Å²) in [6, 6.07) is 0. The maximum absolute atomic E-state index is 11.6. The monoisotopic (exact) mass is 257 g/mol. The van der Waals surface area contributed by atoms with Crippen molar-refractivity contribution in [2.75, 3.05) is 0 Å². The molecular weight excluding hydrogens is 254 g/mol. The van der Waals surface area contributed by atoms with Gasteiger partial charge in [0.25, 0.3) is 0 Å². The highest BCUT2D eigenvalue weighted by molar-refractivity contribution is 9.10. The lowest BCUT2D eigenvalue weighted by Gasteiger charge is -1.91. The van der Waals surface area contributed by atoms with Crippen LogP contribution in [-0.4, -0.2) is 21.2 Å². The lowest BCUT2D eigenvalue weighted by atomic mass is 10.2. The fraction of sp³-hybridized carbons (Fsp3) is 0. The van der Waals surface area contributed by atoms with Crippen molar-refractivity contribution < 1.29 is 4.79 Å². The molecule has 0 unspecified atom stereocenters. The minimum Gasteiger partial charge on any atom is -0.287 e. The highest BCUT2D eigenvalue weighted by atomic mass is 79.9. The van der Waals surface area contributed by atoms with Gasteiger partial charge in [-0.15, -0.1) is 0 Å². The molecule has 0 amide bonds. The Kier molecular flexibility index (Phi) is 2.24. The van der Waals surface area contributed by atoms with Crippen molar-refractivity contribution in [2.45, 2.75) is 0 Å². The maximum atomic E-state index is 11.6. The zero-order chi connectivity index (χ0) is 9.26. The fourth-order valence-electron chi connectivity index (χ4n) is 0.893. The Balaban J connectivity index is 2.39. The summed E-state index contributed by atoms with van der Waals surface area (Å²) in [5.41, 5.74) is 0.956. The van der Waals surface area contributed by atoms with Crippen LogP contribution in [0.15, 0.2) is 21.4 Å². The summed E-state index contributed by atoms with van der Waals surface area (Å²) < 4.78 is 0.797. The first-order chi connectivity index (χ1) is 6.29. The van der Waals surface area contributed by atoms with E-state index < -0.39 is 0 Å². The smallest absolute Gasteiger partial charge is 0.216 e. The van der Waals surface area contributed by atoms with E-state index in [1.807, 2.05) is 5.38 Å². The number of aromatic nitrogens is 3. The number of aromatic amines is 1. The molecule has 0 radical (unpaired) electrons. The third kappa shape index (κ3) is 1.54. The lowest BCUT2D eigenvalue weighted by molar-refractivity contribution is 0.103. The molecule has 0 bridgehead atoms. The molecule has 0 aliphatic heterocycles. The number of carbonyl (C=O) groups is 1. The summed E-state index contributed by atoms with van der Waals surface area (Å²) in [4.78, 5) is 11.6. The number of nitrogens with zero attached hydrogens (tertiary/aromatic N) is 2. The van der Waals surface area contributed by atoms with Gasteiger partial charge in [0.2, 0.25) is 5.78 Å². The first-order valence-electron chi connectivity index (χ1n) is 3.41. The lowest BCUT2D eigenvalue weighted by Crippen LogP contribution is -2.00. The van der Waals surface area contributed by atoms with Crippen LogP contribution in [0, 0.1) is 0 Å². The van der Waals surface area contributed by atoms with Crippen LogP contribution in [0.1, 0.15) is 16.1 Å². The molecule has 0 aliphatic rings. The topological polar surface area (TPSA) is 58.6 Å². The number of hydrogen-bond donors (Lipinski definition) is 1. The van der Waals surface area contributed by atoms with Crippen molar-refractivity contribution in [3.8, 4) is 0 Å². The largest absolute Gasteiger partial charge is 0.287 e. The van der Waals surface area contributed by atoms with E-state index in [1.54, 1.807) is 5.38 Å². The van der Waals surface area contributed by atoms with Crippen molar-refractivity contribution in [1.29, 1.82) is 0 Å². The molecule has 13 heavy (non-hydrogen) atoms. The Morgan fingerprint density at radius 2 is 2.38 bits per heavy atom. The summed E-state index contributed by atoms with van der Waals surface area (Å²) in [6.07, 6.45) is 1.41. The van der Waals surface area contributed by atoms with Crippen LogP contribution in [0.5, 0.6) is 0 Å². The van der Waals surface area contributed by atoms with Crippen LogP contribution in [0.3, 0.4) is 0 Å². The molecule has 0 spiro atoms. The van der Waals surface area contributed by atoms with Gasteiger partial charge in [-0.05, 0) is 15.9 Å². The van der Waals surface area contributed by atoms with E-state index in [9.17, 15) is 4.79 Å². The molecule has 2 aromatic rings.